The summed E-state index contributed by atoms with van der Waals surface area (Å²) in [5.74, 6) is 1.30. The fraction of sp³-hybridized carbons (Fsp3) is 0.316. The maximum absolute atomic E-state index is 9.87. The molecular formula is C19H25BrIN3O2. The molecule has 0 aromatic heterocycles. The van der Waals surface area contributed by atoms with E-state index in [4.69, 9.17) is 4.74 Å². The number of methoxy groups -OCH3 is 1. The Bertz CT molecular complexity index is 740. The molecular weight excluding hydrogens is 509 g/mol. The summed E-state index contributed by atoms with van der Waals surface area (Å²) in [5.41, 5.74) is 2.07. The van der Waals surface area contributed by atoms with E-state index in [1.54, 1.807) is 12.1 Å². The summed E-state index contributed by atoms with van der Waals surface area (Å²) in [6.07, 6.45) is 0. The fourth-order valence-electron chi connectivity index (χ4n) is 2.43. The monoisotopic (exact) mass is 533 g/mol. The van der Waals surface area contributed by atoms with Crippen LogP contribution < -0.4 is 15.4 Å². The van der Waals surface area contributed by atoms with Gasteiger partial charge in [0.05, 0.1) is 19.7 Å². The van der Waals surface area contributed by atoms with Crippen LogP contribution in [0, 0.1) is 0 Å². The van der Waals surface area contributed by atoms with E-state index in [0.29, 0.717) is 12.3 Å². The standard InChI is InChI=1S/C19H24BrN3O2.HI/c1-4-21-19(23-13(2)15-7-5-6-8-16(15)20)22-12-14-9-10-18(25-3)17(24)11-14;/h5-11,13,24H,4,12H2,1-3H3,(H2,21,22,23);1H. The number of phenolic OH excluding ortho intramolecular Hbond substituents is 1. The number of guanidine groups is 1. The molecule has 5 nitrogen and oxygen atoms in total. The van der Waals surface area contributed by atoms with Crippen molar-refractivity contribution in [1.82, 2.24) is 10.6 Å². The zero-order chi connectivity index (χ0) is 18.2. The number of aliphatic imine (C=N–C) groups is 1. The summed E-state index contributed by atoms with van der Waals surface area (Å²) in [4.78, 5) is 4.60. The van der Waals surface area contributed by atoms with Crippen LogP contribution in [0.5, 0.6) is 11.5 Å². The third-order valence-corrected chi connectivity index (χ3v) is 4.45. The molecule has 7 heteroatoms. The Morgan fingerprint density at radius 1 is 1.27 bits per heavy atom. The SMILES string of the molecule is CCNC(=NCc1ccc(OC)c(O)c1)NC(C)c1ccccc1Br.I. The van der Waals surface area contributed by atoms with Gasteiger partial charge in [-0.3, -0.25) is 0 Å². The van der Waals surface area contributed by atoms with Crippen LogP contribution in [0.2, 0.25) is 0 Å². The van der Waals surface area contributed by atoms with E-state index in [2.05, 4.69) is 44.5 Å². The number of hydrogen-bond acceptors (Lipinski definition) is 3. The van der Waals surface area contributed by atoms with E-state index in [-0.39, 0.29) is 35.8 Å². The van der Waals surface area contributed by atoms with Crippen molar-refractivity contribution in [2.24, 2.45) is 4.99 Å². The lowest BCUT2D eigenvalue weighted by Crippen LogP contribution is -2.38. The molecule has 1 atom stereocenters. The molecule has 2 rings (SSSR count). The molecule has 0 amide bonds. The van der Waals surface area contributed by atoms with Crippen LogP contribution in [0.4, 0.5) is 0 Å². The Morgan fingerprint density at radius 2 is 2.00 bits per heavy atom. The first-order chi connectivity index (χ1) is 12.0. The average molecular weight is 534 g/mol. The predicted octanol–water partition coefficient (Wildman–Crippen LogP) is 4.60. The van der Waals surface area contributed by atoms with Crippen molar-refractivity contribution in [3.8, 4) is 11.5 Å². The van der Waals surface area contributed by atoms with E-state index in [1.165, 1.54) is 7.11 Å². The van der Waals surface area contributed by atoms with E-state index in [0.717, 1.165) is 28.1 Å². The summed E-state index contributed by atoms with van der Waals surface area (Å²) < 4.78 is 6.12. The van der Waals surface area contributed by atoms with E-state index >= 15 is 0 Å². The van der Waals surface area contributed by atoms with Gasteiger partial charge in [0.25, 0.3) is 0 Å². The Labute approximate surface area is 180 Å². The van der Waals surface area contributed by atoms with Gasteiger partial charge in [-0.15, -0.1) is 24.0 Å². The quantitative estimate of drug-likeness (QED) is 0.288. The third-order valence-electron chi connectivity index (χ3n) is 3.73. The number of aromatic hydroxyl groups is 1. The number of ether oxygens (including phenoxy) is 1. The van der Waals surface area contributed by atoms with E-state index in [1.807, 2.05) is 31.2 Å². The molecule has 2 aromatic rings. The third kappa shape index (κ3) is 6.35. The van der Waals surface area contributed by atoms with Crippen LogP contribution in [0.25, 0.3) is 0 Å². The number of rotatable bonds is 6. The molecule has 1 unspecified atom stereocenters. The molecule has 0 radical (unpaired) electrons. The van der Waals surface area contributed by atoms with Gasteiger partial charge in [0, 0.05) is 11.0 Å². The smallest absolute Gasteiger partial charge is 0.192 e. The van der Waals surface area contributed by atoms with E-state index in [9.17, 15) is 5.11 Å². The summed E-state index contributed by atoms with van der Waals surface area (Å²) in [7, 11) is 1.53. The van der Waals surface area contributed by atoms with Gasteiger partial charge in [-0.2, -0.15) is 0 Å². The number of nitrogens with one attached hydrogen (secondary N) is 2. The van der Waals surface area contributed by atoms with Crippen molar-refractivity contribution in [1.29, 1.82) is 0 Å². The van der Waals surface area contributed by atoms with Crippen LogP contribution in [0.15, 0.2) is 51.9 Å². The molecule has 3 N–H and O–H groups in total. The van der Waals surface area contributed by atoms with Crippen LogP contribution in [0.1, 0.15) is 31.0 Å². The predicted molar refractivity (Wildman–Crippen MR) is 121 cm³/mol. The van der Waals surface area contributed by atoms with E-state index < -0.39 is 0 Å². The van der Waals surface area contributed by atoms with Gasteiger partial charge in [-0.25, -0.2) is 4.99 Å². The highest BCUT2D eigenvalue weighted by molar-refractivity contribution is 14.0. The molecule has 0 fully saturated rings. The Hall–Kier alpha value is -1.48. The molecule has 0 heterocycles. The second-order valence-corrected chi connectivity index (χ2v) is 6.44. The lowest BCUT2D eigenvalue weighted by Gasteiger charge is -2.19. The van der Waals surface area contributed by atoms with Crippen molar-refractivity contribution >= 4 is 45.9 Å². The normalized spacial score (nSPS) is 12.1. The summed E-state index contributed by atoms with van der Waals surface area (Å²) in [6.45, 7) is 5.34. The van der Waals surface area contributed by atoms with Crippen molar-refractivity contribution in [2.45, 2.75) is 26.4 Å². The first-order valence-corrected chi connectivity index (χ1v) is 8.99. The summed E-state index contributed by atoms with van der Waals surface area (Å²) in [6, 6.07) is 13.5. The highest BCUT2D eigenvalue weighted by atomic mass is 127. The van der Waals surface area contributed by atoms with Crippen molar-refractivity contribution in [3.63, 3.8) is 0 Å². The first kappa shape index (κ1) is 22.6. The molecule has 142 valence electrons. The number of nitrogens with zero attached hydrogens (tertiary/aromatic N) is 1. The minimum Gasteiger partial charge on any atom is -0.504 e. The zero-order valence-electron chi connectivity index (χ0n) is 15.1. The van der Waals surface area contributed by atoms with Gasteiger partial charge in [-0.05, 0) is 43.2 Å². The molecule has 0 aliphatic rings. The van der Waals surface area contributed by atoms with Gasteiger partial charge in [0.15, 0.2) is 17.5 Å². The molecule has 0 aliphatic carbocycles. The highest BCUT2D eigenvalue weighted by Crippen LogP contribution is 2.26. The molecule has 0 saturated heterocycles. The van der Waals surface area contributed by atoms with Crippen molar-refractivity contribution in [2.75, 3.05) is 13.7 Å². The molecule has 0 spiro atoms. The van der Waals surface area contributed by atoms with Gasteiger partial charge >= 0.3 is 0 Å². The van der Waals surface area contributed by atoms with Crippen LogP contribution in [-0.4, -0.2) is 24.7 Å². The Balaban J connectivity index is 0.00000338. The molecule has 0 aliphatic heterocycles. The molecule has 26 heavy (non-hydrogen) atoms. The second kappa shape index (κ2) is 11.3. The van der Waals surface area contributed by atoms with Gasteiger partial charge < -0.3 is 20.5 Å². The lowest BCUT2D eigenvalue weighted by atomic mass is 10.1. The number of phenols is 1. The largest absolute Gasteiger partial charge is 0.504 e. The molecule has 2 aromatic carbocycles. The van der Waals surface area contributed by atoms with Crippen LogP contribution >= 0.6 is 39.9 Å². The van der Waals surface area contributed by atoms with Crippen LogP contribution in [-0.2, 0) is 6.54 Å². The molecule has 0 saturated carbocycles. The zero-order valence-corrected chi connectivity index (χ0v) is 19.0. The van der Waals surface area contributed by atoms with Gasteiger partial charge in [0.2, 0.25) is 0 Å². The molecule has 0 bridgehead atoms. The number of halogens is 2. The van der Waals surface area contributed by atoms with Gasteiger partial charge in [-0.1, -0.05) is 40.2 Å². The first-order valence-electron chi connectivity index (χ1n) is 8.20. The summed E-state index contributed by atoms with van der Waals surface area (Å²) >= 11 is 3.58. The minimum atomic E-state index is 0. The summed E-state index contributed by atoms with van der Waals surface area (Å²) in [5, 5.41) is 16.5. The maximum atomic E-state index is 9.87. The lowest BCUT2D eigenvalue weighted by molar-refractivity contribution is 0.373. The Kier molecular flexibility index (Phi) is 9.79. The maximum Gasteiger partial charge on any atom is 0.192 e. The fourth-order valence-corrected chi connectivity index (χ4v) is 3.06. The van der Waals surface area contributed by atoms with Crippen LogP contribution in [0.3, 0.4) is 0 Å². The highest BCUT2D eigenvalue weighted by Gasteiger charge is 2.10. The average Bonchev–Trinajstić information content (AvgIpc) is 2.60. The second-order valence-electron chi connectivity index (χ2n) is 5.59. The number of benzene rings is 2. The van der Waals surface area contributed by atoms with Crippen molar-refractivity contribution < 1.29 is 9.84 Å². The topological polar surface area (TPSA) is 65.9 Å². The van der Waals surface area contributed by atoms with Gasteiger partial charge in [0.1, 0.15) is 0 Å². The number of hydrogen-bond donors (Lipinski definition) is 3. The Morgan fingerprint density at radius 3 is 2.62 bits per heavy atom. The van der Waals surface area contributed by atoms with Crippen molar-refractivity contribution in [3.05, 3.63) is 58.1 Å². The minimum absolute atomic E-state index is 0.